The Morgan fingerprint density at radius 2 is 1.92 bits per heavy atom. The zero-order valence-electron chi connectivity index (χ0n) is 14.4. The third-order valence-corrected chi connectivity index (χ3v) is 5.27. The maximum Gasteiger partial charge on any atom is 0.394 e. The number of piperidine rings is 1. The lowest BCUT2D eigenvalue weighted by molar-refractivity contribution is -0.157. The lowest BCUT2D eigenvalue weighted by Gasteiger charge is -2.38. The maximum atomic E-state index is 11.8. The van der Waals surface area contributed by atoms with E-state index in [0.717, 1.165) is 17.7 Å². The number of carbonyl (C=O) groups excluding carboxylic acids is 1. The molecule has 7 nitrogen and oxygen atoms in total. The molecule has 3 rings (SSSR count). The molecular formula is C19H22N2O5. The van der Waals surface area contributed by atoms with Gasteiger partial charge in [-0.25, -0.2) is 4.79 Å². The largest absolute Gasteiger partial charge is 0.481 e. The zero-order chi connectivity index (χ0) is 18.7. The fourth-order valence-electron chi connectivity index (χ4n) is 3.96. The molecule has 0 aliphatic carbocycles. The van der Waals surface area contributed by atoms with Gasteiger partial charge in [0.2, 0.25) is 0 Å². The van der Waals surface area contributed by atoms with Crippen molar-refractivity contribution in [1.29, 1.82) is 0 Å². The smallest absolute Gasteiger partial charge is 0.394 e. The molecule has 0 unspecified atom stereocenters. The van der Waals surface area contributed by atoms with Crippen LogP contribution in [0.3, 0.4) is 0 Å². The first kappa shape index (κ1) is 18.1. The molecule has 1 amide bonds. The molecule has 0 aromatic heterocycles. The van der Waals surface area contributed by atoms with Crippen LogP contribution in [-0.4, -0.2) is 58.3 Å². The summed E-state index contributed by atoms with van der Waals surface area (Å²) >= 11 is 0. The van der Waals surface area contributed by atoms with Crippen LogP contribution in [0, 0.1) is 11.8 Å². The van der Waals surface area contributed by atoms with Crippen LogP contribution in [0.5, 0.6) is 0 Å². The van der Waals surface area contributed by atoms with E-state index in [1.807, 2.05) is 18.2 Å². The summed E-state index contributed by atoms with van der Waals surface area (Å²) in [5.41, 5.74) is 3.23. The summed E-state index contributed by atoms with van der Waals surface area (Å²) in [6.45, 7) is 1.23. The van der Waals surface area contributed by atoms with Gasteiger partial charge in [-0.15, -0.1) is 0 Å². The molecule has 2 N–H and O–H groups in total. The summed E-state index contributed by atoms with van der Waals surface area (Å²) in [7, 11) is 0. The molecule has 2 atom stereocenters. The van der Waals surface area contributed by atoms with Gasteiger partial charge >= 0.3 is 17.8 Å². The fourth-order valence-corrected chi connectivity index (χ4v) is 3.96. The van der Waals surface area contributed by atoms with Crippen LogP contribution < -0.4 is 0 Å². The van der Waals surface area contributed by atoms with Crippen molar-refractivity contribution < 1.29 is 24.6 Å². The number of aliphatic carboxylic acids is 2. The molecule has 0 saturated carbocycles. The molecule has 0 spiro atoms. The molecular weight excluding hydrogens is 336 g/mol. The average Bonchev–Trinajstić information content (AvgIpc) is 2.62. The van der Waals surface area contributed by atoms with Crippen molar-refractivity contribution >= 4 is 23.6 Å². The van der Waals surface area contributed by atoms with Gasteiger partial charge in [-0.05, 0) is 42.2 Å². The normalized spacial score (nSPS) is 22.3. The van der Waals surface area contributed by atoms with Crippen LogP contribution in [0.15, 0.2) is 29.3 Å². The van der Waals surface area contributed by atoms with Gasteiger partial charge in [0.1, 0.15) is 0 Å². The molecule has 1 fully saturated rings. The minimum Gasteiger partial charge on any atom is -0.481 e. The number of benzene rings is 1. The summed E-state index contributed by atoms with van der Waals surface area (Å²) < 4.78 is 0. The summed E-state index contributed by atoms with van der Waals surface area (Å²) in [5, 5.41) is 18.2. The standard InChI is InChI=1S/C19H22N2O5/c22-17(23)10-13-6-8-21(18(24)19(25)26)11-14(13)9-16-15-4-2-1-3-12(15)5-7-20-16/h1-4,13-14H,5-11H2,(H,22,23)(H,25,26)/t13-,14-/m0/s1. The Hall–Kier alpha value is -2.70. The van der Waals surface area contributed by atoms with Crippen LogP contribution in [0.2, 0.25) is 0 Å². The molecule has 2 aliphatic rings. The molecule has 1 aromatic carbocycles. The van der Waals surface area contributed by atoms with Gasteiger partial charge in [0.15, 0.2) is 0 Å². The van der Waals surface area contributed by atoms with E-state index in [9.17, 15) is 19.5 Å². The van der Waals surface area contributed by atoms with Gasteiger partial charge in [-0.2, -0.15) is 0 Å². The highest BCUT2D eigenvalue weighted by molar-refractivity contribution is 6.31. The first-order chi connectivity index (χ1) is 12.5. The van der Waals surface area contributed by atoms with Crippen LogP contribution in [0.25, 0.3) is 0 Å². The number of likely N-dealkylation sites (tertiary alicyclic amines) is 1. The van der Waals surface area contributed by atoms with E-state index in [1.54, 1.807) is 0 Å². The van der Waals surface area contributed by atoms with E-state index in [1.165, 1.54) is 10.5 Å². The number of carboxylic acids is 2. The quantitative estimate of drug-likeness (QED) is 0.792. The van der Waals surface area contributed by atoms with Gasteiger partial charge in [-0.3, -0.25) is 14.6 Å². The van der Waals surface area contributed by atoms with Gasteiger partial charge < -0.3 is 15.1 Å². The van der Waals surface area contributed by atoms with Crippen molar-refractivity contribution in [3.63, 3.8) is 0 Å². The maximum absolute atomic E-state index is 11.8. The highest BCUT2D eigenvalue weighted by Gasteiger charge is 2.35. The third kappa shape index (κ3) is 3.92. The Bertz CT molecular complexity index is 758. The number of hydrogen-bond donors (Lipinski definition) is 2. The van der Waals surface area contributed by atoms with Crippen molar-refractivity contribution in [3.8, 4) is 0 Å². The molecule has 1 saturated heterocycles. The molecule has 138 valence electrons. The molecule has 26 heavy (non-hydrogen) atoms. The number of fused-ring (bicyclic) bond motifs is 1. The Morgan fingerprint density at radius 1 is 1.15 bits per heavy atom. The second-order valence-electron chi connectivity index (χ2n) is 6.90. The number of rotatable bonds is 4. The molecule has 2 aliphatic heterocycles. The minimum absolute atomic E-state index is 0.0225. The Kier molecular flexibility index (Phi) is 5.35. The monoisotopic (exact) mass is 358 g/mol. The highest BCUT2D eigenvalue weighted by Crippen LogP contribution is 2.32. The predicted molar refractivity (Wildman–Crippen MR) is 94.2 cm³/mol. The van der Waals surface area contributed by atoms with E-state index >= 15 is 0 Å². The van der Waals surface area contributed by atoms with Crippen LogP contribution in [-0.2, 0) is 20.8 Å². The topological polar surface area (TPSA) is 107 Å². The number of hydrogen-bond acceptors (Lipinski definition) is 4. The molecule has 2 heterocycles. The van der Waals surface area contributed by atoms with E-state index in [4.69, 9.17) is 5.11 Å². The van der Waals surface area contributed by atoms with E-state index < -0.39 is 17.8 Å². The van der Waals surface area contributed by atoms with Crippen molar-refractivity contribution in [2.75, 3.05) is 19.6 Å². The SMILES string of the molecule is O=C(O)C[C@@H]1CCN(C(=O)C(=O)O)C[C@@H]1CC1=NCCc2ccccc21. The Labute approximate surface area is 151 Å². The van der Waals surface area contributed by atoms with Crippen molar-refractivity contribution in [2.45, 2.75) is 25.7 Å². The minimum atomic E-state index is -1.47. The number of nitrogens with zero attached hydrogens (tertiary/aromatic N) is 2. The van der Waals surface area contributed by atoms with Crippen molar-refractivity contribution in [3.05, 3.63) is 35.4 Å². The molecule has 1 aromatic rings. The third-order valence-electron chi connectivity index (χ3n) is 5.27. The first-order valence-corrected chi connectivity index (χ1v) is 8.81. The zero-order valence-corrected chi connectivity index (χ0v) is 14.4. The fraction of sp³-hybridized carbons (Fsp3) is 0.474. The lowest BCUT2D eigenvalue weighted by atomic mass is 9.78. The number of amides is 1. The van der Waals surface area contributed by atoms with Crippen LogP contribution in [0.1, 0.15) is 30.4 Å². The summed E-state index contributed by atoms with van der Waals surface area (Å²) in [6.07, 6.45) is 1.95. The molecule has 0 bridgehead atoms. The highest BCUT2D eigenvalue weighted by atomic mass is 16.4. The van der Waals surface area contributed by atoms with E-state index in [-0.39, 0.29) is 31.3 Å². The summed E-state index contributed by atoms with van der Waals surface area (Å²) in [6, 6.07) is 8.03. The second kappa shape index (κ2) is 7.68. The number of carbonyl (C=O) groups is 3. The molecule has 0 radical (unpaired) electrons. The summed E-state index contributed by atoms with van der Waals surface area (Å²) in [4.78, 5) is 40.0. The van der Waals surface area contributed by atoms with Crippen molar-refractivity contribution in [2.24, 2.45) is 16.8 Å². The summed E-state index contributed by atoms with van der Waals surface area (Å²) in [5.74, 6) is -3.48. The lowest BCUT2D eigenvalue weighted by Crippen LogP contribution is -2.47. The Balaban J connectivity index is 1.80. The van der Waals surface area contributed by atoms with Gasteiger partial charge in [0.25, 0.3) is 0 Å². The van der Waals surface area contributed by atoms with Crippen LogP contribution >= 0.6 is 0 Å². The van der Waals surface area contributed by atoms with Crippen LogP contribution in [0.4, 0.5) is 0 Å². The number of carboxylic acid groups (broad SMARTS) is 2. The second-order valence-corrected chi connectivity index (χ2v) is 6.90. The first-order valence-electron chi connectivity index (χ1n) is 8.81. The van der Waals surface area contributed by atoms with E-state index in [0.29, 0.717) is 19.4 Å². The molecule has 7 heteroatoms. The average molecular weight is 358 g/mol. The Morgan fingerprint density at radius 3 is 2.65 bits per heavy atom. The van der Waals surface area contributed by atoms with Gasteiger partial charge in [-0.1, -0.05) is 24.3 Å². The van der Waals surface area contributed by atoms with Gasteiger partial charge in [0, 0.05) is 31.8 Å². The van der Waals surface area contributed by atoms with Crippen molar-refractivity contribution in [1.82, 2.24) is 4.90 Å². The number of aliphatic imine (C=N–C) groups is 1. The predicted octanol–water partition coefficient (Wildman–Crippen LogP) is 1.45. The van der Waals surface area contributed by atoms with E-state index in [2.05, 4.69) is 11.1 Å². The van der Waals surface area contributed by atoms with Gasteiger partial charge in [0.05, 0.1) is 0 Å².